The molecule has 1 atom stereocenters. The third-order valence-corrected chi connectivity index (χ3v) is 6.03. The molecule has 0 aliphatic rings. The van der Waals surface area contributed by atoms with Crippen LogP contribution in [-0.2, 0) is 29.0 Å². The molecule has 206 valence electrons. The molecule has 0 saturated carbocycles. The van der Waals surface area contributed by atoms with Crippen molar-refractivity contribution < 1.29 is 33.4 Å². The van der Waals surface area contributed by atoms with Crippen molar-refractivity contribution in [3.05, 3.63) is 79.6 Å². The average molecular weight is 542 g/mol. The maximum absolute atomic E-state index is 12.8. The third-order valence-electron chi connectivity index (χ3n) is 6.03. The smallest absolute Gasteiger partial charge is 0.456 e. The predicted molar refractivity (Wildman–Crippen MR) is 135 cm³/mol. The first kappa shape index (κ1) is 27.3. The van der Waals surface area contributed by atoms with Crippen molar-refractivity contribution in [2.24, 2.45) is 0 Å². The molecule has 4 aromatic rings. The third kappa shape index (κ3) is 6.80. The number of aliphatic hydroxyl groups is 2. The minimum atomic E-state index is -1.69. The molecule has 0 spiro atoms. The molecule has 4 rings (SSSR count). The zero-order valence-corrected chi connectivity index (χ0v) is 20.9. The number of aromatic nitrogens is 3. The number of aliphatic hydroxyl groups excluding tert-OH is 1. The number of rotatable bonds is 11. The van der Waals surface area contributed by atoms with E-state index < -0.39 is 36.6 Å². The number of H-pyrrole nitrogens is 2. The topological polar surface area (TPSA) is 227 Å². The molecule has 1 aromatic carbocycles. The van der Waals surface area contributed by atoms with Crippen LogP contribution in [0.15, 0.2) is 48.9 Å². The highest BCUT2D eigenvalue weighted by atomic mass is 16.6. The lowest BCUT2D eigenvalue weighted by Crippen LogP contribution is -2.42. The monoisotopic (exact) mass is 541 g/mol. The molecule has 14 nitrogen and oxygen atoms in total. The number of nitrogens with two attached hydrogens (primary N) is 1. The van der Waals surface area contributed by atoms with Gasteiger partial charge in [0.1, 0.15) is 11.7 Å². The number of nitrogen functional groups attached to an aromatic ring is 1. The molecule has 0 saturated heterocycles. The highest BCUT2D eigenvalue weighted by molar-refractivity contribution is 5.96. The highest BCUT2D eigenvalue weighted by Crippen LogP contribution is 2.16. The number of carbonyl (C=O) groups excluding carboxylic acids is 2. The van der Waals surface area contributed by atoms with Crippen molar-refractivity contribution >= 4 is 28.9 Å². The van der Waals surface area contributed by atoms with Crippen LogP contribution >= 0.6 is 0 Å². The number of esters is 1. The Morgan fingerprint density at radius 1 is 1.13 bits per heavy atom. The fourth-order valence-corrected chi connectivity index (χ4v) is 3.97. The molecule has 0 unspecified atom stereocenters. The Morgan fingerprint density at radius 3 is 2.54 bits per heavy atom. The number of benzene rings is 1. The number of hydrogen-bond donors (Lipinski definition) is 6. The lowest BCUT2D eigenvalue weighted by Gasteiger charge is -2.18. The second kappa shape index (κ2) is 11.8. The van der Waals surface area contributed by atoms with Crippen LogP contribution in [0.1, 0.15) is 45.8 Å². The van der Waals surface area contributed by atoms with Crippen molar-refractivity contribution in [3.8, 4) is 0 Å². The van der Waals surface area contributed by atoms with E-state index in [2.05, 4.69) is 20.3 Å². The molecule has 0 aliphatic carbocycles. The van der Waals surface area contributed by atoms with Crippen LogP contribution in [0.4, 0.5) is 5.95 Å². The van der Waals surface area contributed by atoms with E-state index >= 15 is 0 Å². The quantitative estimate of drug-likeness (QED) is 0.112. The van der Waals surface area contributed by atoms with E-state index in [4.69, 9.17) is 19.3 Å². The van der Waals surface area contributed by atoms with Gasteiger partial charge in [-0.1, -0.05) is 12.1 Å². The van der Waals surface area contributed by atoms with Gasteiger partial charge in [0.15, 0.2) is 24.4 Å². The maximum Gasteiger partial charge on any atom is 0.519 e. The summed E-state index contributed by atoms with van der Waals surface area (Å²) in [6.45, 7) is 1.07. The van der Waals surface area contributed by atoms with Gasteiger partial charge in [-0.2, -0.15) is 4.98 Å². The molecule has 1 amide bonds. The summed E-state index contributed by atoms with van der Waals surface area (Å²) in [5.41, 5.74) is 7.60. The molecule has 0 fully saturated rings. The van der Waals surface area contributed by atoms with E-state index in [0.29, 0.717) is 23.9 Å². The highest BCUT2D eigenvalue weighted by Gasteiger charge is 2.25. The Bertz CT molecular complexity index is 1580. The van der Waals surface area contributed by atoms with Crippen LogP contribution in [0.25, 0.3) is 11.0 Å². The number of aromatic amines is 2. The Morgan fingerprint density at radius 2 is 1.87 bits per heavy atom. The fourth-order valence-electron chi connectivity index (χ4n) is 3.97. The van der Waals surface area contributed by atoms with Gasteiger partial charge in [-0.3, -0.25) is 14.6 Å². The van der Waals surface area contributed by atoms with Gasteiger partial charge in [0, 0.05) is 18.2 Å². The van der Waals surface area contributed by atoms with E-state index in [9.17, 15) is 29.4 Å². The molecule has 0 radical (unpaired) electrons. The SMILES string of the molecule is Cc1oc(=O)oc1COC(=O)[C@H](CCC(O)O)NC(=O)c1ccc(CCc2c[nH]c3nc(N)[nH]c(=O)c23)cc1. The minimum Gasteiger partial charge on any atom is -0.456 e. The average Bonchev–Trinajstić information content (AvgIpc) is 3.45. The number of ether oxygens (including phenoxy) is 1. The molecule has 3 heterocycles. The van der Waals surface area contributed by atoms with E-state index in [0.717, 1.165) is 11.1 Å². The largest absolute Gasteiger partial charge is 0.519 e. The second-order valence-corrected chi connectivity index (χ2v) is 8.81. The first-order valence-corrected chi connectivity index (χ1v) is 12.0. The standard InChI is InChI=1S/C25H27N5O9/c1-12-17(39-25(36)38-12)11-37-23(35)16(8-9-18(31)32)28-21(33)14-5-2-13(3-6-14)4-7-15-10-27-20-19(15)22(34)30-24(26)29-20/h2-3,5-6,10,16,18,31-32H,4,7-9,11H2,1H3,(H,28,33)(H4,26,27,29,30,34)/t16-/m0/s1. The number of carbonyl (C=O) groups is 2. The summed E-state index contributed by atoms with van der Waals surface area (Å²) in [4.78, 5) is 58.3. The van der Waals surface area contributed by atoms with Crippen molar-refractivity contribution in [2.45, 2.75) is 51.5 Å². The van der Waals surface area contributed by atoms with Crippen molar-refractivity contribution in [3.63, 3.8) is 0 Å². The normalized spacial score (nSPS) is 12.1. The summed E-state index contributed by atoms with van der Waals surface area (Å²) in [5, 5.41) is 21.4. The number of anilines is 1. The fraction of sp³-hybridized carbons (Fsp3) is 0.320. The molecular weight excluding hydrogens is 514 g/mol. The van der Waals surface area contributed by atoms with Crippen molar-refractivity contribution in [1.29, 1.82) is 0 Å². The van der Waals surface area contributed by atoms with Gasteiger partial charge in [-0.25, -0.2) is 9.59 Å². The van der Waals surface area contributed by atoms with Crippen LogP contribution < -0.4 is 22.4 Å². The molecule has 0 bridgehead atoms. The van der Waals surface area contributed by atoms with Crippen LogP contribution in [0.3, 0.4) is 0 Å². The van der Waals surface area contributed by atoms with E-state index in [-0.39, 0.29) is 41.4 Å². The zero-order chi connectivity index (χ0) is 28.1. The zero-order valence-electron chi connectivity index (χ0n) is 20.9. The van der Waals surface area contributed by atoms with Crippen LogP contribution in [0, 0.1) is 6.92 Å². The first-order chi connectivity index (χ1) is 18.6. The minimum absolute atomic E-state index is 0.0221. The number of aryl methyl sites for hydroxylation is 3. The van der Waals surface area contributed by atoms with E-state index in [1.165, 1.54) is 6.92 Å². The van der Waals surface area contributed by atoms with Gasteiger partial charge in [0.05, 0.1) is 5.39 Å². The van der Waals surface area contributed by atoms with E-state index in [1.54, 1.807) is 30.5 Å². The summed E-state index contributed by atoms with van der Waals surface area (Å²) in [6, 6.07) is 5.47. The first-order valence-electron chi connectivity index (χ1n) is 12.0. The van der Waals surface area contributed by atoms with Gasteiger partial charge in [-0.15, -0.1) is 0 Å². The molecule has 14 heteroatoms. The number of hydrogen-bond acceptors (Lipinski definition) is 11. The predicted octanol–water partition coefficient (Wildman–Crippen LogP) is 0.406. The van der Waals surface area contributed by atoms with Crippen LogP contribution in [-0.4, -0.2) is 49.4 Å². The van der Waals surface area contributed by atoms with Gasteiger partial charge in [0.25, 0.3) is 11.5 Å². The number of nitrogens with one attached hydrogen (secondary N) is 3. The molecule has 39 heavy (non-hydrogen) atoms. The van der Waals surface area contributed by atoms with Crippen LogP contribution in [0.5, 0.6) is 0 Å². The van der Waals surface area contributed by atoms with Gasteiger partial charge in [-0.05, 0) is 49.4 Å². The Kier molecular flexibility index (Phi) is 8.27. The summed E-state index contributed by atoms with van der Waals surface area (Å²) in [6.07, 6.45) is 0.820. The van der Waals surface area contributed by atoms with E-state index in [1.807, 2.05) is 0 Å². The van der Waals surface area contributed by atoms with Crippen LogP contribution in [0.2, 0.25) is 0 Å². The lowest BCUT2D eigenvalue weighted by molar-refractivity contribution is -0.148. The summed E-state index contributed by atoms with van der Waals surface area (Å²) in [5.74, 6) is -2.17. The lowest BCUT2D eigenvalue weighted by atomic mass is 10.0. The molecule has 7 N–H and O–H groups in total. The van der Waals surface area contributed by atoms with Crippen molar-refractivity contribution in [2.75, 3.05) is 5.73 Å². The van der Waals surface area contributed by atoms with Crippen molar-refractivity contribution in [1.82, 2.24) is 20.3 Å². The molecule has 3 aromatic heterocycles. The number of nitrogens with zero attached hydrogens (tertiary/aromatic N) is 1. The Hall–Kier alpha value is -4.69. The van der Waals surface area contributed by atoms with Gasteiger partial charge >= 0.3 is 11.8 Å². The summed E-state index contributed by atoms with van der Waals surface area (Å²) in [7, 11) is 0. The molecule has 0 aliphatic heterocycles. The van der Waals surface area contributed by atoms with Gasteiger partial charge < -0.3 is 39.8 Å². The Balaban J connectivity index is 1.38. The maximum atomic E-state index is 12.8. The second-order valence-electron chi connectivity index (χ2n) is 8.81. The summed E-state index contributed by atoms with van der Waals surface area (Å²) < 4.78 is 14.6. The Labute approximate surface area is 219 Å². The van der Waals surface area contributed by atoms with Gasteiger partial charge in [0.2, 0.25) is 5.95 Å². The molecular formula is C25H27N5O9. The summed E-state index contributed by atoms with van der Waals surface area (Å²) >= 11 is 0. The number of fused-ring (bicyclic) bond motifs is 1. The number of amides is 1.